The van der Waals surface area contributed by atoms with Gasteiger partial charge in [0.05, 0.1) is 12.2 Å². The lowest BCUT2D eigenvalue weighted by atomic mass is 10.2. The molecule has 0 fully saturated rings. The molecule has 0 saturated heterocycles. The van der Waals surface area contributed by atoms with Gasteiger partial charge in [-0.25, -0.2) is 4.98 Å². The van der Waals surface area contributed by atoms with E-state index < -0.39 is 0 Å². The Bertz CT molecular complexity index is 758. The highest BCUT2D eigenvalue weighted by atomic mass is 35.5. The molecule has 0 unspecified atom stereocenters. The van der Waals surface area contributed by atoms with Crippen LogP contribution in [0.25, 0.3) is 0 Å². The average molecular weight is 408 g/mol. The second-order valence-electron chi connectivity index (χ2n) is 6.33. The van der Waals surface area contributed by atoms with Gasteiger partial charge in [-0.05, 0) is 36.6 Å². The number of rotatable bonds is 8. The Balaban J connectivity index is 1.65. The van der Waals surface area contributed by atoms with E-state index in [0.717, 1.165) is 16.4 Å². The van der Waals surface area contributed by atoms with Gasteiger partial charge in [-0.2, -0.15) is 0 Å². The molecule has 0 radical (unpaired) electrons. The van der Waals surface area contributed by atoms with E-state index in [4.69, 9.17) is 11.6 Å². The topological polar surface area (TPSA) is 78.4 Å². The summed E-state index contributed by atoms with van der Waals surface area (Å²) in [4.78, 5) is 20.7. The third-order valence-corrected chi connectivity index (χ3v) is 4.91. The SMILES string of the molecule is CN=C(NCCCC(=O)Nc1ccc(Cl)cc1)NCc1nc(C(C)C)cs1. The first-order valence-electron chi connectivity index (χ1n) is 8.92. The number of halogens is 1. The molecule has 0 spiro atoms. The number of hydrogen-bond donors (Lipinski definition) is 3. The number of carbonyl (C=O) groups is 1. The van der Waals surface area contributed by atoms with Crippen LogP contribution >= 0.6 is 22.9 Å². The van der Waals surface area contributed by atoms with Gasteiger partial charge in [0.15, 0.2) is 5.96 Å². The Hall–Kier alpha value is -2.12. The number of carbonyl (C=O) groups excluding carboxylic acids is 1. The summed E-state index contributed by atoms with van der Waals surface area (Å²) in [6.07, 6.45) is 1.13. The molecule has 1 heterocycles. The van der Waals surface area contributed by atoms with E-state index in [9.17, 15) is 4.79 Å². The van der Waals surface area contributed by atoms with Gasteiger partial charge in [0.25, 0.3) is 0 Å². The standard InChI is InChI=1S/C19H26ClN5OS/c1-13(2)16-12-27-18(25-16)11-23-19(21-3)22-10-4-5-17(26)24-15-8-6-14(20)7-9-15/h6-9,12-13H,4-5,10-11H2,1-3H3,(H,24,26)(H2,21,22,23). The third-order valence-electron chi connectivity index (χ3n) is 3.79. The molecule has 6 nitrogen and oxygen atoms in total. The van der Waals surface area contributed by atoms with E-state index in [1.807, 2.05) is 0 Å². The second kappa shape index (κ2) is 10.9. The van der Waals surface area contributed by atoms with Crippen molar-refractivity contribution < 1.29 is 4.79 Å². The number of amides is 1. The molecule has 0 aliphatic carbocycles. The van der Waals surface area contributed by atoms with Crippen molar-refractivity contribution in [3.63, 3.8) is 0 Å². The van der Waals surface area contributed by atoms with Crippen LogP contribution in [-0.2, 0) is 11.3 Å². The van der Waals surface area contributed by atoms with Crippen LogP contribution in [0.4, 0.5) is 5.69 Å². The van der Waals surface area contributed by atoms with E-state index in [1.165, 1.54) is 0 Å². The second-order valence-corrected chi connectivity index (χ2v) is 7.71. The highest BCUT2D eigenvalue weighted by molar-refractivity contribution is 7.09. The summed E-state index contributed by atoms with van der Waals surface area (Å²) >= 11 is 7.48. The van der Waals surface area contributed by atoms with Crippen molar-refractivity contribution in [3.05, 3.63) is 45.4 Å². The minimum Gasteiger partial charge on any atom is -0.356 e. The zero-order chi connectivity index (χ0) is 19.6. The number of nitrogens with zero attached hydrogens (tertiary/aromatic N) is 2. The van der Waals surface area contributed by atoms with Gasteiger partial charge in [-0.1, -0.05) is 25.4 Å². The van der Waals surface area contributed by atoms with Crippen LogP contribution in [0, 0.1) is 0 Å². The monoisotopic (exact) mass is 407 g/mol. The number of hydrogen-bond acceptors (Lipinski definition) is 4. The molecule has 0 aliphatic heterocycles. The molecule has 2 aromatic rings. The molecule has 0 atom stereocenters. The van der Waals surface area contributed by atoms with Crippen LogP contribution in [0.15, 0.2) is 34.6 Å². The molecule has 27 heavy (non-hydrogen) atoms. The molecule has 146 valence electrons. The number of thiazole rings is 1. The largest absolute Gasteiger partial charge is 0.356 e. The molecule has 0 saturated carbocycles. The van der Waals surface area contributed by atoms with Gasteiger partial charge >= 0.3 is 0 Å². The smallest absolute Gasteiger partial charge is 0.224 e. The number of nitrogens with one attached hydrogen (secondary N) is 3. The fourth-order valence-corrected chi connectivity index (χ4v) is 3.29. The fraction of sp³-hybridized carbons (Fsp3) is 0.421. The predicted octanol–water partition coefficient (Wildman–Crippen LogP) is 4.00. The Morgan fingerprint density at radius 3 is 2.63 bits per heavy atom. The van der Waals surface area contributed by atoms with Crippen molar-refractivity contribution in [3.8, 4) is 0 Å². The molecular weight excluding hydrogens is 382 g/mol. The molecule has 0 aliphatic rings. The molecule has 3 N–H and O–H groups in total. The molecular formula is C19H26ClN5OS. The normalized spacial score (nSPS) is 11.5. The highest BCUT2D eigenvalue weighted by Crippen LogP contribution is 2.17. The number of anilines is 1. The molecule has 8 heteroatoms. The first kappa shape index (κ1) is 21.2. The molecule has 2 rings (SSSR count). The number of guanidine groups is 1. The Morgan fingerprint density at radius 2 is 2.00 bits per heavy atom. The molecule has 1 amide bonds. The number of aliphatic imine (C=N–C) groups is 1. The summed E-state index contributed by atoms with van der Waals surface area (Å²) in [5, 5.41) is 13.1. The van der Waals surface area contributed by atoms with E-state index in [1.54, 1.807) is 42.6 Å². The van der Waals surface area contributed by atoms with Gasteiger partial charge in [0.1, 0.15) is 5.01 Å². The number of aromatic nitrogens is 1. The molecule has 1 aromatic carbocycles. The van der Waals surface area contributed by atoms with Gasteiger partial charge in [0.2, 0.25) is 5.91 Å². The number of benzene rings is 1. The quantitative estimate of drug-likeness (QED) is 0.351. The maximum absolute atomic E-state index is 12.0. The van der Waals surface area contributed by atoms with Gasteiger partial charge in [-0.15, -0.1) is 11.3 Å². The minimum atomic E-state index is -0.0222. The van der Waals surface area contributed by atoms with E-state index in [-0.39, 0.29) is 5.91 Å². The van der Waals surface area contributed by atoms with Crippen LogP contribution in [0.5, 0.6) is 0 Å². The van der Waals surface area contributed by atoms with Crippen molar-refractivity contribution in [2.75, 3.05) is 18.9 Å². The Labute approximate surface area is 169 Å². The fourth-order valence-electron chi connectivity index (χ4n) is 2.26. The predicted molar refractivity (Wildman–Crippen MR) is 114 cm³/mol. The zero-order valence-electron chi connectivity index (χ0n) is 15.9. The maximum atomic E-state index is 12.0. The van der Waals surface area contributed by atoms with Crippen molar-refractivity contribution in [1.82, 2.24) is 15.6 Å². The zero-order valence-corrected chi connectivity index (χ0v) is 17.5. The van der Waals surface area contributed by atoms with Crippen LogP contribution in [0.3, 0.4) is 0 Å². The molecule has 0 bridgehead atoms. The van der Waals surface area contributed by atoms with Gasteiger partial charge in [-0.3, -0.25) is 9.79 Å². The summed E-state index contributed by atoms with van der Waals surface area (Å²) < 4.78 is 0. The van der Waals surface area contributed by atoms with E-state index in [2.05, 4.69) is 45.2 Å². The van der Waals surface area contributed by atoms with E-state index in [0.29, 0.717) is 42.8 Å². The van der Waals surface area contributed by atoms with Crippen LogP contribution < -0.4 is 16.0 Å². The first-order valence-corrected chi connectivity index (χ1v) is 10.2. The summed E-state index contributed by atoms with van der Waals surface area (Å²) in [5.41, 5.74) is 1.87. The van der Waals surface area contributed by atoms with Crippen molar-refractivity contribution >= 4 is 40.5 Å². The Kier molecular flexibility index (Phi) is 8.54. The summed E-state index contributed by atoms with van der Waals surface area (Å²) in [5.74, 6) is 1.12. The van der Waals surface area contributed by atoms with Crippen molar-refractivity contribution in [1.29, 1.82) is 0 Å². The van der Waals surface area contributed by atoms with Crippen LogP contribution in [-0.4, -0.2) is 30.4 Å². The lowest BCUT2D eigenvalue weighted by Gasteiger charge is -2.11. The van der Waals surface area contributed by atoms with Crippen LogP contribution in [0.1, 0.15) is 43.3 Å². The van der Waals surface area contributed by atoms with E-state index >= 15 is 0 Å². The summed E-state index contributed by atoms with van der Waals surface area (Å²) in [7, 11) is 1.73. The van der Waals surface area contributed by atoms with Gasteiger partial charge < -0.3 is 16.0 Å². The Morgan fingerprint density at radius 1 is 1.26 bits per heavy atom. The van der Waals surface area contributed by atoms with Crippen LogP contribution in [0.2, 0.25) is 5.02 Å². The third kappa shape index (κ3) is 7.56. The summed E-state index contributed by atoms with van der Waals surface area (Å²) in [6, 6.07) is 7.07. The minimum absolute atomic E-state index is 0.0222. The highest BCUT2D eigenvalue weighted by Gasteiger charge is 2.07. The lowest BCUT2D eigenvalue weighted by Crippen LogP contribution is -2.37. The molecule has 1 aromatic heterocycles. The van der Waals surface area contributed by atoms with Crippen molar-refractivity contribution in [2.45, 2.75) is 39.2 Å². The summed E-state index contributed by atoms with van der Waals surface area (Å²) in [6.45, 7) is 5.56. The lowest BCUT2D eigenvalue weighted by molar-refractivity contribution is -0.116. The maximum Gasteiger partial charge on any atom is 0.224 e. The first-order chi connectivity index (χ1) is 13.0. The van der Waals surface area contributed by atoms with Gasteiger partial charge in [0, 0.05) is 36.1 Å². The van der Waals surface area contributed by atoms with Crippen molar-refractivity contribution in [2.24, 2.45) is 4.99 Å². The average Bonchev–Trinajstić information content (AvgIpc) is 3.12.